The van der Waals surface area contributed by atoms with Crippen molar-refractivity contribution in [3.63, 3.8) is 0 Å². The van der Waals surface area contributed by atoms with Gasteiger partial charge >= 0.3 is 0 Å². The first kappa shape index (κ1) is 19.2. The van der Waals surface area contributed by atoms with Crippen LogP contribution in [0, 0.1) is 5.92 Å². The van der Waals surface area contributed by atoms with E-state index in [1.165, 1.54) is 50.3 Å². The number of amides is 2. The van der Waals surface area contributed by atoms with Gasteiger partial charge in [-0.2, -0.15) is 0 Å². The maximum Gasteiger partial charge on any atom is 0.259 e. The van der Waals surface area contributed by atoms with Crippen molar-refractivity contribution in [2.24, 2.45) is 5.92 Å². The van der Waals surface area contributed by atoms with E-state index in [0.717, 1.165) is 0 Å². The Labute approximate surface area is 163 Å². The van der Waals surface area contributed by atoms with Crippen molar-refractivity contribution in [3.8, 4) is 5.75 Å². The van der Waals surface area contributed by atoms with Crippen LogP contribution in [0.5, 0.6) is 5.75 Å². The van der Waals surface area contributed by atoms with Crippen molar-refractivity contribution in [2.75, 3.05) is 11.9 Å². The van der Waals surface area contributed by atoms with Gasteiger partial charge < -0.3 is 15.7 Å². The van der Waals surface area contributed by atoms with E-state index in [1.807, 2.05) is 0 Å². The zero-order chi connectivity index (χ0) is 19.2. The third kappa shape index (κ3) is 5.23. The first-order valence-electron chi connectivity index (χ1n) is 9.21. The lowest BCUT2D eigenvalue weighted by molar-refractivity contribution is 0.0942. The smallest absolute Gasteiger partial charge is 0.259 e. The van der Waals surface area contributed by atoms with E-state index in [0.29, 0.717) is 28.7 Å². The van der Waals surface area contributed by atoms with Crippen LogP contribution in [0.2, 0.25) is 5.02 Å². The van der Waals surface area contributed by atoms with Gasteiger partial charge in [0.2, 0.25) is 0 Å². The Morgan fingerprint density at radius 3 is 2.56 bits per heavy atom. The summed E-state index contributed by atoms with van der Waals surface area (Å²) >= 11 is 5.79. The first-order valence-corrected chi connectivity index (χ1v) is 9.59. The first-order chi connectivity index (χ1) is 13.0. The third-order valence-corrected chi connectivity index (χ3v) is 5.10. The molecule has 142 valence electrons. The molecule has 27 heavy (non-hydrogen) atoms. The van der Waals surface area contributed by atoms with E-state index in [2.05, 4.69) is 10.6 Å². The topological polar surface area (TPSA) is 78.4 Å². The summed E-state index contributed by atoms with van der Waals surface area (Å²) in [5.74, 6) is -0.255. The molecule has 0 radical (unpaired) electrons. The Bertz CT molecular complexity index is 832. The summed E-state index contributed by atoms with van der Waals surface area (Å²) in [5, 5.41) is 15.9. The van der Waals surface area contributed by atoms with Crippen LogP contribution in [0.4, 0.5) is 5.69 Å². The monoisotopic (exact) mass is 386 g/mol. The van der Waals surface area contributed by atoms with E-state index in [-0.39, 0.29) is 17.2 Å². The van der Waals surface area contributed by atoms with Gasteiger partial charge in [-0.1, -0.05) is 36.9 Å². The number of benzene rings is 2. The Balaban J connectivity index is 1.62. The quantitative estimate of drug-likeness (QED) is 0.702. The molecule has 0 unspecified atom stereocenters. The van der Waals surface area contributed by atoms with Crippen LogP contribution in [-0.2, 0) is 0 Å². The van der Waals surface area contributed by atoms with Gasteiger partial charge in [-0.3, -0.25) is 9.59 Å². The molecule has 0 heterocycles. The van der Waals surface area contributed by atoms with Gasteiger partial charge in [0.25, 0.3) is 11.8 Å². The molecular weight excluding hydrogens is 364 g/mol. The summed E-state index contributed by atoms with van der Waals surface area (Å²) in [6.45, 7) is 0.689. The fraction of sp³-hybridized carbons (Fsp3) is 0.333. The summed E-state index contributed by atoms with van der Waals surface area (Å²) in [7, 11) is 0. The third-order valence-electron chi connectivity index (χ3n) is 4.86. The van der Waals surface area contributed by atoms with Gasteiger partial charge in [0.15, 0.2) is 0 Å². The minimum atomic E-state index is -0.469. The molecule has 0 aliphatic heterocycles. The van der Waals surface area contributed by atoms with Gasteiger partial charge in [0.05, 0.1) is 5.56 Å². The lowest BCUT2D eigenvalue weighted by Crippen LogP contribution is -2.30. The minimum Gasteiger partial charge on any atom is -0.507 e. The second kappa shape index (κ2) is 8.91. The highest BCUT2D eigenvalue weighted by atomic mass is 35.5. The average Bonchev–Trinajstić information content (AvgIpc) is 2.67. The van der Waals surface area contributed by atoms with E-state index in [9.17, 15) is 14.7 Å². The molecule has 1 aliphatic carbocycles. The molecule has 3 N–H and O–H groups in total. The normalized spacial score (nSPS) is 14.6. The summed E-state index contributed by atoms with van der Waals surface area (Å²) in [6.07, 6.45) is 6.09. The van der Waals surface area contributed by atoms with Crippen LogP contribution in [0.3, 0.4) is 0 Å². The van der Waals surface area contributed by atoms with Gasteiger partial charge in [0, 0.05) is 22.8 Å². The SMILES string of the molecule is O=C(NCC1CCCCC1)c1cccc(NC(=O)c2ccc(Cl)cc2O)c1. The molecule has 1 aliphatic rings. The zero-order valence-corrected chi connectivity index (χ0v) is 15.8. The van der Waals surface area contributed by atoms with Crippen LogP contribution < -0.4 is 10.6 Å². The lowest BCUT2D eigenvalue weighted by atomic mass is 9.89. The molecule has 0 aromatic heterocycles. The summed E-state index contributed by atoms with van der Waals surface area (Å²) in [6, 6.07) is 11.0. The highest BCUT2D eigenvalue weighted by Crippen LogP contribution is 2.24. The van der Waals surface area contributed by atoms with Gasteiger partial charge in [-0.25, -0.2) is 0 Å². The molecule has 5 nitrogen and oxygen atoms in total. The van der Waals surface area contributed by atoms with Crippen molar-refractivity contribution in [1.29, 1.82) is 0 Å². The average molecular weight is 387 g/mol. The molecule has 2 aromatic rings. The molecule has 1 fully saturated rings. The molecule has 1 saturated carbocycles. The Morgan fingerprint density at radius 2 is 1.81 bits per heavy atom. The summed E-state index contributed by atoms with van der Waals surface area (Å²) < 4.78 is 0. The lowest BCUT2D eigenvalue weighted by Gasteiger charge is -2.21. The van der Waals surface area contributed by atoms with E-state index < -0.39 is 5.91 Å². The number of rotatable bonds is 5. The number of hydrogen-bond donors (Lipinski definition) is 3. The van der Waals surface area contributed by atoms with Crippen molar-refractivity contribution in [2.45, 2.75) is 32.1 Å². The van der Waals surface area contributed by atoms with Crippen molar-refractivity contribution < 1.29 is 14.7 Å². The van der Waals surface area contributed by atoms with Crippen molar-refractivity contribution in [3.05, 3.63) is 58.6 Å². The largest absolute Gasteiger partial charge is 0.507 e. The predicted molar refractivity (Wildman–Crippen MR) is 106 cm³/mol. The summed E-state index contributed by atoms with van der Waals surface area (Å²) in [4.78, 5) is 24.8. The molecule has 0 spiro atoms. The van der Waals surface area contributed by atoms with Crippen LogP contribution in [0.1, 0.15) is 52.8 Å². The zero-order valence-electron chi connectivity index (χ0n) is 15.0. The number of aromatic hydroxyl groups is 1. The maximum atomic E-state index is 12.4. The van der Waals surface area contributed by atoms with E-state index in [4.69, 9.17) is 11.6 Å². The van der Waals surface area contributed by atoms with Crippen molar-refractivity contribution in [1.82, 2.24) is 5.32 Å². The number of carbonyl (C=O) groups excluding carboxylic acids is 2. The van der Waals surface area contributed by atoms with Gasteiger partial charge in [0.1, 0.15) is 5.75 Å². The number of carbonyl (C=O) groups is 2. The highest BCUT2D eigenvalue weighted by molar-refractivity contribution is 6.31. The molecule has 0 atom stereocenters. The van der Waals surface area contributed by atoms with Gasteiger partial charge in [-0.15, -0.1) is 0 Å². The fourth-order valence-corrected chi connectivity index (χ4v) is 3.53. The highest BCUT2D eigenvalue weighted by Gasteiger charge is 2.16. The molecule has 2 amide bonds. The summed E-state index contributed by atoms with van der Waals surface area (Å²) in [5.41, 5.74) is 1.09. The molecule has 2 aromatic carbocycles. The van der Waals surface area contributed by atoms with Crippen LogP contribution in [-0.4, -0.2) is 23.5 Å². The Kier molecular flexibility index (Phi) is 6.35. The fourth-order valence-electron chi connectivity index (χ4n) is 3.36. The number of phenols is 1. The molecular formula is C21H23ClN2O3. The van der Waals surface area contributed by atoms with E-state index >= 15 is 0 Å². The number of halogens is 1. The number of nitrogens with one attached hydrogen (secondary N) is 2. The second-order valence-electron chi connectivity index (χ2n) is 6.91. The van der Waals surface area contributed by atoms with Crippen LogP contribution in [0.15, 0.2) is 42.5 Å². The maximum absolute atomic E-state index is 12.4. The predicted octanol–water partition coefficient (Wildman–Crippen LogP) is 4.61. The van der Waals surface area contributed by atoms with Crippen LogP contribution in [0.25, 0.3) is 0 Å². The number of phenolic OH excluding ortho intramolecular Hbond substituents is 1. The second-order valence-corrected chi connectivity index (χ2v) is 7.35. The van der Waals surface area contributed by atoms with Gasteiger partial charge in [-0.05, 0) is 55.2 Å². The molecule has 6 heteroatoms. The minimum absolute atomic E-state index is 0.117. The molecule has 0 bridgehead atoms. The van der Waals surface area contributed by atoms with Crippen LogP contribution >= 0.6 is 11.6 Å². The number of hydrogen-bond acceptors (Lipinski definition) is 3. The van der Waals surface area contributed by atoms with Crippen molar-refractivity contribution >= 4 is 29.1 Å². The van der Waals surface area contributed by atoms with E-state index in [1.54, 1.807) is 24.3 Å². The number of anilines is 1. The Morgan fingerprint density at radius 1 is 1.04 bits per heavy atom. The standard InChI is InChI=1S/C21H23ClN2O3/c22-16-9-10-18(19(25)12-16)21(27)24-17-8-4-7-15(11-17)20(26)23-13-14-5-2-1-3-6-14/h4,7-12,14,25H,1-3,5-6,13H2,(H,23,26)(H,24,27). The molecule has 3 rings (SSSR count). The Hall–Kier alpha value is -2.53. The molecule has 0 saturated heterocycles.